The predicted molar refractivity (Wildman–Crippen MR) is 156 cm³/mol. The van der Waals surface area contributed by atoms with Gasteiger partial charge in [0, 0.05) is 6.21 Å². The Morgan fingerprint density at radius 1 is 0.725 bits per heavy atom. The van der Waals surface area contributed by atoms with Gasteiger partial charge in [-0.05, 0) is 115 Å². The molecule has 4 aromatic rings. The number of rotatable bonds is 9. The number of ether oxygens (including phenoxy) is 3. The van der Waals surface area contributed by atoms with Crippen molar-refractivity contribution in [3.8, 4) is 17.2 Å². The number of aliphatic imine (C=N–C) groups is 1. The molecule has 5 rings (SSSR count). The number of carbonyl (C=O) groups excluding carboxylic acids is 2. The Kier molecular flexibility index (Phi) is 8.27. The molecule has 0 bridgehead atoms. The molecule has 6 nitrogen and oxygen atoms in total. The first kappa shape index (κ1) is 26.4. The number of benzene rings is 4. The summed E-state index contributed by atoms with van der Waals surface area (Å²) in [6.45, 7) is 2.47. The van der Waals surface area contributed by atoms with E-state index in [1.165, 1.54) is 5.57 Å². The van der Waals surface area contributed by atoms with Gasteiger partial charge in [0.15, 0.2) is 0 Å². The minimum absolute atomic E-state index is 0.412. The van der Waals surface area contributed by atoms with Gasteiger partial charge in [0.25, 0.3) is 0 Å². The van der Waals surface area contributed by atoms with E-state index < -0.39 is 11.9 Å². The quantitative estimate of drug-likeness (QED) is 0.127. The SMILES string of the molecule is CCOc1ccc(C(=O)Oc2ccc(C=Nc3ccc(OC(=O)c4ccc(C5=CC=CC5)cc4)cc3)cc2)cc1. The van der Waals surface area contributed by atoms with E-state index in [-0.39, 0.29) is 0 Å². The third-order valence-electron chi connectivity index (χ3n) is 6.16. The largest absolute Gasteiger partial charge is 0.494 e. The number of hydrogen-bond donors (Lipinski definition) is 0. The zero-order chi connectivity index (χ0) is 27.7. The van der Waals surface area contributed by atoms with Crippen molar-refractivity contribution in [2.75, 3.05) is 6.61 Å². The lowest BCUT2D eigenvalue weighted by atomic mass is 10.0. The van der Waals surface area contributed by atoms with Gasteiger partial charge >= 0.3 is 11.9 Å². The van der Waals surface area contributed by atoms with Gasteiger partial charge in [0.05, 0.1) is 23.4 Å². The fourth-order valence-corrected chi connectivity index (χ4v) is 4.04. The molecule has 0 unspecified atom stereocenters. The lowest BCUT2D eigenvalue weighted by molar-refractivity contribution is 0.0725. The third-order valence-corrected chi connectivity index (χ3v) is 6.16. The first-order chi connectivity index (χ1) is 19.6. The number of esters is 2. The fraction of sp³-hybridized carbons (Fsp3) is 0.0882. The van der Waals surface area contributed by atoms with Crippen LogP contribution in [0.15, 0.2) is 120 Å². The van der Waals surface area contributed by atoms with Gasteiger partial charge in [-0.25, -0.2) is 9.59 Å². The highest BCUT2D eigenvalue weighted by molar-refractivity contribution is 5.92. The summed E-state index contributed by atoms with van der Waals surface area (Å²) in [5.74, 6) is 0.722. The van der Waals surface area contributed by atoms with Crippen LogP contribution in [0.2, 0.25) is 0 Å². The molecular formula is C34H27NO5. The van der Waals surface area contributed by atoms with Crippen LogP contribution in [0.3, 0.4) is 0 Å². The van der Waals surface area contributed by atoms with Crippen molar-refractivity contribution >= 4 is 29.4 Å². The van der Waals surface area contributed by atoms with Crippen LogP contribution in [0, 0.1) is 0 Å². The van der Waals surface area contributed by atoms with E-state index in [2.05, 4.69) is 17.1 Å². The van der Waals surface area contributed by atoms with E-state index in [1.54, 1.807) is 79.0 Å². The van der Waals surface area contributed by atoms with Gasteiger partial charge in [-0.15, -0.1) is 0 Å². The summed E-state index contributed by atoms with van der Waals surface area (Å²) in [5.41, 5.74) is 4.80. The summed E-state index contributed by atoms with van der Waals surface area (Å²) in [5, 5.41) is 0. The molecule has 0 heterocycles. The molecule has 4 aromatic carbocycles. The Morgan fingerprint density at radius 2 is 1.27 bits per heavy atom. The van der Waals surface area contributed by atoms with Crippen LogP contribution in [-0.4, -0.2) is 24.8 Å². The van der Waals surface area contributed by atoms with E-state index in [9.17, 15) is 9.59 Å². The highest BCUT2D eigenvalue weighted by Crippen LogP contribution is 2.24. The second-order valence-corrected chi connectivity index (χ2v) is 8.96. The molecule has 0 aliphatic heterocycles. The second kappa shape index (κ2) is 12.5. The van der Waals surface area contributed by atoms with E-state index in [1.807, 2.05) is 37.3 Å². The van der Waals surface area contributed by atoms with Crippen LogP contribution in [0.5, 0.6) is 17.2 Å². The van der Waals surface area contributed by atoms with Crippen LogP contribution in [0.4, 0.5) is 5.69 Å². The molecule has 1 aliphatic carbocycles. The lowest BCUT2D eigenvalue weighted by Crippen LogP contribution is -2.08. The molecule has 40 heavy (non-hydrogen) atoms. The van der Waals surface area contributed by atoms with Crippen molar-refractivity contribution in [2.24, 2.45) is 4.99 Å². The van der Waals surface area contributed by atoms with Crippen LogP contribution in [0.1, 0.15) is 45.2 Å². The standard InChI is InChI=1S/C34H27NO5/c1-2-38-30-19-13-28(14-20-30)34(37)39-31-17-7-24(8-18-31)23-35-29-15-21-32(22-16-29)40-33(36)27-11-9-26(10-12-27)25-5-3-4-6-25/h3-5,7-23H,2,6H2,1H3. The zero-order valence-electron chi connectivity index (χ0n) is 21.9. The maximum Gasteiger partial charge on any atom is 0.343 e. The monoisotopic (exact) mass is 529 g/mol. The molecule has 0 amide bonds. The first-order valence-electron chi connectivity index (χ1n) is 12.9. The first-order valence-corrected chi connectivity index (χ1v) is 12.9. The molecule has 0 saturated heterocycles. The maximum atomic E-state index is 12.5. The van der Waals surface area contributed by atoms with Crippen LogP contribution < -0.4 is 14.2 Å². The summed E-state index contributed by atoms with van der Waals surface area (Å²) < 4.78 is 16.4. The average Bonchev–Trinajstić information content (AvgIpc) is 3.53. The van der Waals surface area contributed by atoms with Gasteiger partial charge in [-0.3, -0.25) is 4.99 Å². The molecule has 0 atom stereocenters. The van der Waals surface area contributed by atoms with Crippen molar-refractivity contribution in [1.82, 2.24) is 0 Å². The number of nitrogens with zero attached hydrogens (tertiary/aromatic N) is 1. The summed E-state index contributed by atoms with van der Waals surface area (Å²) in [6.07, 6.45) is 8.83. The van der Waals surface area contributed by atoms with Crippen LogP contribution >= 0.6 is 0 Å². The number of allylic oxidation sites excluding steroid dienone is 4. The van der Waals surface area contributed by atoms with E-state index >= 15 is 0 Å². The number of hydrogen-bond acceptors (Lipinski definition) is 6. The zero-order valence-corrected chi connectivity index (χ0v) is 21.9. The molecule has 0 spiro atoms. The van der Waals surface area contributed by atoms with Crippen molar-refractivity contribution < 1.29 is 23.8 Å². The molecule has 0 saturated carbocycles. The van der Waals surface area contributed by atoms with Crippen molar-refractivity contribution in [2.45, 2.75) is 13.3 Å². The minimum Gasteiger partial charge on any atom is -0.494 e. The van der Waals surface area contributed by atoms with Crippen LogP contribution in [0.25, 0.3) is 5.57 Å². The van der Waals surface area contributed by atoms with Crippen molar-refractivity contribution in [1.29, 1.82) is 0 Å². The van der Waals surface area contributed by atoms with Crippen molar-refractivity contribution in [3.63, 3.8) is 0 Å². The normalized spacial score (nSPS) is 12.3. The van der Waals surface area contributed by atoms with E-state index in [4.69, 9.17) is 14.2 Å². The lowest BCUT2D eigenvalue weighted by Gasteiger charge is -2.07. The molecule has 0 N–H and O–H groups in total. The van der Waals surface area contributed by atoms with Crippen molar-refractivity contribution in [3.05, 3.63) is 138 Å². The van der Waals surface area contributed by atoms with Crippen LogP contribution in [-0.2, 0) is 0 Å². The summed E-state index contributed by atoms with van der Waals surface area (Å²) in [4.78, 5) is 29.4. The number of carbonyl (C=O) groups is 2. The van der Waals surface area contributed by atoms with Gasteiger partial charge in [0.1, 0.15) is 17.2 Å². The van der Waals surface area contributed by atoms with Gasteiger partial charge in [0.2, 0.25) is 0 Å². The fourth-order valence-electron chi connectivity index (χ4n) is 4.04. The summed E-state index contributed by atoms with van der Waals surface area (Å²) >= 11 is 0. The molecule has 0 aromatic heterocycles. The third kappa shape index (κ3) is 6.79. The highest BCUT2D eigenvalue weighted by atomic mass is 16.5. The Morgan fingerprint density at radius 3 is 1.82 bits per heavy atom. The van der Waals surface area contributed by atoms with Gasteiger partial charge in [-0.2, -0.15) is 0 Å². The summed E-state index contributed by atoms with van der Waals surface area (Å²) in [7, 11) is 0. The Hall–Kier alpha value is -5.23. The molecule has 1 aliphatic rings. The van der Waals surface area contributed by atoms with Gasteiger partial charge in [-0.1, -0.05) is 30.4 Å². The second-order valence-electron chi connectivity index (χ2n) is 8.96. The minimum atomic E-state index is -0.443. The maximum absolute atomic E-state index is 12.5. The predicted octanol–water partition coefficient (Wildman–Crippen LogP) is 7.62. The molecular weight excluding hydrogens is 502 g/mol. The topological polar surface area (TPSA) is 74.2 Å². The average molecular weight is 530 g/mol. The highest BCUT2D eigenvalue weighted by Gasteiger charge is 2.11. The molecule has 6 heteroatoms. The Bertz CT molecular complexity index is 1560. The smallest absolute Gasteiger partial charge is 0.343 e. The summed E-state index contributed by atoms with van der Waals surface area (Å²) in [6, 6.07) is 28.3. The Labute approximate surface area is 232 Å². The Balaban J connectivity index is 1.13. The molecule has 0 fully saturated rings. The molecule has 0 radical (unpaired) electrons. The van der Waals surface area contributed by atoms with E-state index in [0.29, 0.717) is 40.7 Å². The molecule has 198 valence electrons. The van der Waals surface area contributed by atoms with Gasteiger partial charge < -0.3 is 14.2 Å². The van der Waals surface area contributed by atoms with E-state index in [0.717, 1.165) is 17.5 Å².